The summed E-state index contributed by atoms with van der Waals surface area (Å²) in [5.74, 6) is -0.315. The van der Waals surface area contributed by atoms with Crippen molar-refractivity contribution in [2.45, 2.75) is 50.6 Å². The molecule has 0 spiro atoms. The topological polar surface area (TPSA) is 122 Å². The second-order valence-electron chi connectivity index (χ2n) is 5.28. The van der Waals surface area contributed by atoms with Crippen molar-refractivity contribution in [2.24, 2.45) is 0 Å². The third-order valence-electron chi connectivity index (χ3n) is 3.68. The van der Waals surface area contributed by atoms with Crippen molar-refractivity contribution >= 4 is 11.8 Å². The summed E-state index contributed by atoms with van der Waals surface area (Å²) >= 11 is 0. The van der Waals surface area contributed by atoms with Crippen LogP contribution in [0.5, 0.6) is 0 Å². The Labute approximate surface area is 142 Å². The van der Waals surface area contributed by atoms with Crippen LogP contribution in [0.25, 0.3) is 21.3 Å². The monoisotopic (exact) mass is 359 g/mol. The van der Waals surface area contributed by atoms with Crippen LogP contribution in [0.15, 0.2) is 0 Å². The normalized spacial score (nSPS) is 24.4. The van der Waals surface area contributed by atoms with Gasteiger partial charge in [-0.25, -0.2) is 0 Å². The maximum Gasteiger partial charge on any atom is 0.0333 e. The van der Waals surface area contributed by atoms with Crippen molar-refractivity contribution < 1.29 is 32.1 Å². The fourth-order valence-electron chi connectivity index (χ4n) is 2.51. The summed E-state index contributed by atoms with van der Waals surface area (Å²) < 4.78 is 0. The predicted octanol–water partition coefficient (Wildman–Crippen LogP) is 1.81. The molecule has 2 amide bonds. The fourth-order valence-corrected chi connectivity index (χ4v) is 2.51. The van der Waals surface area contributed by atoms with Crippen LogP contribution in [0.1, 0.15) is 38.5 Å². The molecule has 2 aliphatic rings. The molecule has 2 rings (SSSR count). The van der Waals surface area contributed by atoms with Gasteiger partial charge in [-0.05, 0) is 0 Å². The Hall–Kier alpha value is -0.661. The van der Waals surface area contributed by atoms with Gasteiger partial charge in [0.05, 0.1) is 0 Å². The van der Waals surface area contributed by atoms with Gasteiger partial charge < -0.3 is 36.3 Å². The number of rotatable bonds is 5. The Bertz CT molecular complexity index is 300. The second-order valence-corrected chi connectivity index (χ2v) is 5.28. The van der Waals surface area contributed by atoms with Gasteiger partial charge in [-0.15, -0.1) is 26.2 Å². The molecule has 0 saturated carbocycles. The molecular formula is C14H24CuN4O3-4. The van der Waals surface area contributed by atoms with E-state index in [1.807, 2.05) is 0 Å². The number of hydrogen-bond acceptors (Lipinski definition) is 2. The van der Waals surface area contributed by atoms with Gasteiger partial charge >= 0.3 is 0 Å². The molecule has 133 valence electrons. The van der Waals surface area contributed by atoms with E-state index in [1.54, 1.807) is 0 Å². The van der Waals surface area contributed by atoms with Crippen LogP contribution >= 0.6 is 0 Å². The molecular weight excluding hydrogens is 336 g/mol. The van der Waals surface area contributed by atoms with Gasteiger partial charge in [-0.3, -0.25) is 0 Å². The van der Waals surface area contributed by atoms with E-state index >= 15 is 0 Å². The summed E-state index contributed by atoms with van der Waals surface area (Å²) in [7, 11) is 0. The van der Waals surface area contributed by atoms with Gasteiger partial charge in [0, 0.05) is 28.9 Å². The average molecular weight is 360 g/mol. The van der Waals surface area contributed by atoms with E-state index in [2.05, 4.69) is 21.3 Å². The maximum atomic E-state index is 11.7. The van der Waals surface area contributed by atoms with Crippen LogP contribution in [-0.2, 0) is 26.7 Å². The molecule has 2 aliphatic heterocycles. The first kappa shape index (κ1) is 21.3. The van der Waals surface area contributed by atoms with Crippen molar-refractivity contribution in [3.8, 4) is 0 Å². The smallest absolute Gasteiger partial charge is 0.0333 e. The third kappa shape index (κ3) is 7.07. The first-order valence-electron chi connectivity index (χ1n) is 7.53. The molecule has 2 N–H and O–H groups in total. The molecule has 0 aromatic rings. The number of nitrogens with zero attached hydrogens (tertiary/aromatic N) is 4. The molecule has 7 nitrogen and oxygen atoms in total. The molecule has 2 atom stereocenters. The van der Waals surface area contributed by atoms with Gasteiger partial charge in [0.1, 0.15) is 0 Å². The average Bonchev–Trinajstić information content (AvgIpc) is 2.53. The zero-order valence-electron chi connectivity index (χ0n) is 12.6. The van der Waals surface area contributed by atoms with E-state index in [0.29, 0.717) is 0 Å². The summed E-state index contributed by atoms with van der Waals surface area (Å²) in [4.78, 5) is 23.5. The zero-order valence-corrected chi connectivity index (χ0v) is 13.6. The summed E-state index contributed by atoms with van der Waals surface area (Å²) in [6.45, 7) is 2.09. The molecule has 8 heteroatoms. The minimum Gasteiger partial charge on any atom is -0.656 e. The molecule has 22 heavy (non-hydrogen) atoms. The first-order valence-corrected chi connectivity index (χ1v) is 7.53. The molecule has 2 unspecified atom stereocenters. The van der Waals surface area contributed by atoms with Crippen molar-refractivity contribution in [2.75, 3.05) is 26.2 Å². The molecule has 0 bridgehead atoms. The van der Waals surface area contributed by atoms with Crippen molar-refractivity contribution in [3.05, 3.63) is 21.3 Å². The van der Waals surface area contributed by atoms with Gasteiger partial charge in [-0.1, -0.05) is 50.6 Å². The SMILES string of the molecule is O.O=C([N-]CC[N-]C(=O)C1CCCC[N-]1)C1CCCC[N-]1.[Cu]. The van der Waals surface area contributed by atoms with E-state index in [1.165, 1.54) is 0 Å². The van der Waals surface area contributed by atoms with Crippen LogP contribution in [0.3, 0.4) is 0 Å². The van der Waals surface area contributed by atoms with Crippen LogP contribution < -0.4 is 0 Å². The van der Waals surface area contributed by atoms with E-state index in [-0.39, 0.29) is 59.5 Å². The van der Waals surface area contributed by atoms with Crippen molar-refractivity contribution in [1.82, 2.24) is 0 Å². The standard InChI is InChI=1S/C14H24N4O2.Cu.H2O/c19-13(11-5-1-3-7-15-11)17-9-10-18-14(20)12-6-2-4-8-16-12;;/h11-12H,1-10H2,(H2,17,18,19,20);;1H2/q-2;;/p-2. The van der Waals surface area contributed by atoms with Crippen molar-refractivity contribution in [3.63, 3.8) is 0 Å². The largest absolute Gasteiger partial charge is 0.656 e. The van der Waals surface area contributed by atoms with Gasteiger partial charge in [-0.2, -0.15) is 0 Å². The number of piperidine rings is 2. The van der Waals surface area contributed by atoms with Crippen LogP contribution in [-0.4, -0.2) is 55.6 Å². The Morgan fingerprint density at radius 3 is 1.55 bits per heavy atom. The van der Waals surface area contributed by atoms with Gasteiger partial charge in [0.15, 0.2) is 0 Å². The number of carbonyl (C=O) groups is 2. The number of carbonyl (C=O) groups excluding carboxylic acids is 2. The fraction of sp³-hybridized carbons (Fsp3) is 0.857. The number of hydrogen-bond donors (Lipinski definition) is 0. The van der Waals surface area contributed by atoms with Crippen LogP contribution in [0, 0.1) is 0 Å². The number of amides is 2. The molecule has 2 heterocycles. The van der Waals surface area contributed by atoms with Gasteiger partial charge in [0.25, 0.3) is 0 Å². The van der Waals surface area contributed by atoms with Gasteiger partial charge in [0.2, 0.25) is 0 Å². The van der Waals surface area contributed by atoms with Crippen LogP contribution in [0.4, 0.5) is 0 Å². The Morgan fingerprint density at radius 1 is 0.818 bits per heavy atom. The minimum absolute atomic E-state index is 0. The molecule has 0 aromatic carbocycles. The second kappa shape index (κ2) is 11.8. The zero-order chi connectivity index (χ0) is 14.2. The summed E-state index contributed by atoms with van der Waals surface area (Å²) in [6.07, 6.45) is 5.83. The Kier molecular flexibility index (Phi) is 11.5. The minimum atomic E-state index is -0.257. The molecule has 1 radical (unpaired) electrons. The predicted molar refractivity (Wildman–Crippen MR) is 81.8 cm³/mol. The maximum absolute atomic E-state index is 11.7. The molecule has 2 saturated heterocycles. The Morgan fingerprint density at radius 2 is 1.23 bits per heavy atom. The van der Waals surface area contributed by atoms with E-state index in [0.717, 1.165) is 51.6 Å². The summed E-state index contributed by atoms with van der Waals surface area (Å²) in [5, 5.41) is 16.4. The van der Waals surface area contributed by atoms with Crippen LogP contribution in [0.2, 0.25) is 0 Å². The van der Waals surface area contributed by atoms with Crippen molar-refractivity contribution in [1.29, 1.82) is 0 Å². The molecule has 0 aromatic heterocycles. The first-order chi connectivity index (χ1) is 9.77. The molecule has 0 aliphatic carbocycles. The molecule has 2 fully saturated rings. The van der Waals surface area contributed by atoms with E-state index in [9.17, 15) is 9.59 Å². The summed E-state index contributed by atoms with van der Waals surface area (Å²) in [6, 6.07) is -0.513. The quantitative estimate of drug-likeness (QED) is 0.548. The third-order valence-corrected chi connectivity index (χ3v) is 3.68. The van der Waals surface area contributed by atoms with E-state index < -0.39 is 0 Å². The summed E-state index contributed by atoms with van der Waals surface area (Å²) in [5.41, 5.74) is 0. The Balaban J connectivity index is 0.00000220. The van der Waals surface area contributed by atoms with E-state index in [4.69, 9.17) is 0 Å².